The van der Waals surface area contributed by atoms with E-state index in [2.05, 4.69) is 6.92 Å². The summed E-state index contributed by atoms with van der Waals surface area (Å²) >= 11 is 0. The molecule has 5 rings (SSSR count). The van der Waals surface area contributed by atoms with Crippen LogP contribution in [0.1, 0.15) is 81.5 Å². The van der Waals surface area contributed by atoms with Crippen molar-refractivity contribution in [1.82, 2.24) is 0 Å². The number of carbonyl (C=O) groups is 2. The molecule has 1 atom stereocenters. The summed E-state index contributed by atoms with van der Waals surface area (Å²) in [5.41, 5.74) is 5.43. The summed E-state index contributed by atoms with van der Waals surface area (Å²) in [6, 6.07) is 17.7. The predicted molar refractivity (Wildman–Crippen MR) is 148 cm³/mol. The summed E-state index contributed by atoms with van der Waals surface area (Å²) in [5, 5.41) is 0.460. The van der Waals surface area contributed by atoms with E-state index in [0.717, 1.165) is 41.5 Å². The molecule has 194 valence electrons. The molecule has 6 heteroatoms. The molecule has 0 spiro atoms. The predicted octanol–water partition coefficient (Wildman–Crippen LogP) is 6.68. The molecular weight excluding hydrogens is 478 g/mol. The van der Waals surface area contributed by atoms with Crippen LogP contribution in [0.25, 0.3) is 11.0 Å². The van der Waals surface area contributed by atoms with E-state index in [1.165, 1.54) is 0 Å². The van der Waals surface area contributed by atoms with Crippen molar-refractivity contribution in [3.05, 3.63) is 110 Å². The number of hydrogen-bond donors (Lipinski definition) is 0. The molecule has 0 saturated heterocycles. The fourth-order valence-corrected chi connectivity index (χ4v) is 4.90. The van der Waals surface area contributed by atoms with E-state index in [1.807, 2.05) is 57.2 Å². The lowest BCUT2D eigenvalue weighted by Crippen LogP contribution is -2.29. The van der Waals surface area contributed by atoms with Crippen molar-refractivity contribution in [2.45, 2.75) is 53.0 Å². The maximum atomic E-state index is 13.9. The van der Waals surface area contributed by atoms with Crippen molar-refractivity contribution in [2.75, 3.05) is 11.5 Å². The van der Waals surface area contributed by atoms with Crippen LogP contribution in [0, 0.1) is 13.8 Å². The lowest BCUT2D eigenvalue weighted by molar-refractivity contribution is 0.0499. The number of hydrogen-bond acceptors (Lipinski definition) is 5. The Morgan fingerprint density at radius 2 is 1.63 bits per heavy atom. The molecule has 1 aliphatic heterocycles. The monoisotopic (exact) mass is 509 g/mol. The number of anilines is 1. The van der Waals surface area contributed by atoms with Gasteiger partial charge in [0.05, 0.1) is 29.2 Å². The third-order valence-corrected chi connectivity index (χ3v) is 7.30. The lowest BCUT2D eigenvalue weighted by Gasteiger charge is -2.25. The maximum absolute atomic E-state index is 13.9. The number of benzene rings is 3. The first-order chi connectivity index (χ1) is 18.3. The van der Waals surface area contributed by atoms with E-state index in [-0.39, 0.29) is 17.1 Å². The molecule has 3 aromatic carbocycles. The normalized spacial score (nSPS) is 14.7. The van der Waals surface area contributed by atoms with Gasteiger partial charge in [-0.05, 0) is 85.3 Å². The first-order valence-corrected chi connectivity index (χ1v) is 13.1. The van der Waals surface area contributed by atoms with Crippen LogP contribution in [-0.4, -0.2) is 18.5 Å². The average Bonchev–Trinajstić information content (AvgIpc) is 3.22. The van der Waals surface area contributed by atoms with E-state index in [1.54, 1.807) is 29.2 Å². The third-order valence-electron chi connectivity index (χ3n) is 7.30. The molecule has 0 aliphatic carbocycles. The minimum Gasteiger partial charge on any atom is -0.462 e. The second-order valence-electron chi connectivity index (χ2n) is 9.82. The number of rotatable bonds is 7. The first-order valence-electron chi connectivity index (χ1n) is 13.1. The number of carbonyl (C=O) groups excluding carboxylic acids is 2. The van der Waals surface area contributed by atoms with Gasteiger partial charge in [-0.15, -0.1) is 0 Å². The second-order valence-corrected chi connectivity index (χ2v) is 9.82. The van der Waals surface area contributed by atoms with Crippen molar-refractivity contribution in [3.63, 3.8) is 0 Å². The SMILES string of the molecule is CCCCOC(=O)c1ccc(N2C(=O)c3oc4cc(C)c(C)cc4c(=O)c3C2c2ccc(CC)cc2)cc1. The van der Waals surface area contributed by atoms with Gasteiger partial charge in [0.15, 0.2) is 5.43 Å². The van der Waals surface area contributed by atoms with Gasteiger partial charge in [0.25, 0.3) is 5.91 Å². The van der Waals surface area contributed by atoms with Crippen molar-refractivity contribution in [2.24, 2.45) is 0 Å². The van der Waals surface area contributed by atoms with Gasteiger partial charge in [-0.25, -0.2) is 4.79 Å². The zero-order chi connectivity index (χ0) is 27.0. The Labute approximate surface area is 221 Å². The van der Waals surface area contributed by atoms with Crippen molar-refractivity contribution in [1.29, 1.82) is 0 Å². The molecule has 4 aromatic rings. The third kappa shape index (κ3) is 4.40. The number of amides is 1. The lowest BCUT2D eigenvalue weighted by atomic mass is 9.96. The maximum Gasteiger partial charge on any atom is 0.338 e. The summed E-state index contributed by atoms with van der Waals surface area (Å²) in [6.07, 6.45) is 2.62. The summed E-state index contributed by atoms with van der Waals surface area (Å²) < 4.78 is 11.5. The zero-order valence-corrected chi connectivity index (χ0v) is 22.2. The van der Waals surface area contributed by atoms with Crippen LogP contribution in [0.4, 0.5) is 5.69 Å². The molecule has 1 unspecified atom stereocenters. The van der Waals surface area contributed by atoms with Crippen molar-refractivity contribution >= 4 is 28.5 Å². The van der Waals surface area contributed by atoms with Crippen LogP contribution < -0.4 is 10.3 Å². The number of nitrogens with zero attached hydrogens (tertiary/aromatic N) is 1. The van der Waals surface area contributed by atoms with Gasteiger partial charge < -0.3 is 9.15 Å². The number of fused-ring (bicyclic) bond motifs is 2. The number of unbranched alkanes of at least 4 members (excludes halogenated alkanes) is 1. The van der Waals surface area contributed by atoms with E-state index < -0.39 is 12.0 Å². The van der Waals surface area contributed by atoms with Gasteiger partial charge in [-0.2, -0.15) is 0 Å². The minimum absolute atomic E-state index is 0.0540. The molecule has 38 heavy (non-hydrogen) atoms. The summed E-state index contributed by atoms with van der Waals surface area (Å²) in [6.45, 7) is 8.38. The van der Waals surface area contributed by atoms with Crippen LogP contribution in [0.2, 0.25) is 0 Å². The van der Waals surface area contributed by atoms with Gasteiger partial charge in [0.1, 0.15) is 5.58 Å². The van der Waals surface area contributed by atoms with E-state index >= 15 is 0 Å². The smallest absolute Gasteiger partial charge is 0.338 e. The minimum atomic E-state index is -0.659. The van der Waals surface area contributed by atoms with Crippen LogP contribution in [0.3, 0.4) is 0 Å². The number of aryl methyl sites for hydroxylation is 3. The van der Waals surface area contributed by atoms with Crippen molar-refractivity contribution in [3.8, 4) is 0 Å². The van der Waals surface area contributed by atoms with Gasteiger partial charge in [0.2, 0.25) is 5.76 Å². The Morgan fingerprint density at radius 3 is 2.29 bits per heavy atom. The Hall–Kier alpha value is -4.19. The molecule has 0 N–H and O–H groups in total. The summed E-state index contributed by atoms with van der Waals surface area (Å²) in [5.74, 6) is -0.736. The molecule has 6 nitrogen and oxygen atoms in total. The van der Waals surface area contributed by atoms with Gasteiger partial charge >= 0.3 is 5.97 Å². The molecular formula is C32H31NO5. The van der Waals surface area contributed by atoms with Crippen molar-refractivity contribution < 1.29 is 18.7 Å². The fraction of sp³-hybridized carbons (Fsp3) is 0.281. The average molecular weight is 510 g/mol. The van der Waals surface area contributed by atoms with E-state index in [0.29, 0.717) is 34.4 Å². The Balaban J connectivity index is 1.63. The van der Waals surface area contributed by atoms with E-state index in [9.17, 15) is 14.4 Å². The molecule has 1 aliphatic rings. The molecule has 0 fully saturated rings. The molecule has 0 saturated carbocycles. The first kappa shape index (κ1) is 25.5. The molecule has 1 aromatic heterocycles. The van der Waals surface area contributed by atoms with Crippen LogP contribution >= 0.6 is 0 Å². The van der Waals surface area contributed by atoms with Crippen LogP contribution in [0.5, 0.6) is 0 Å². The highest BCUT2D eigenvalue weighted by Crippen LogP contribution is 2.41. The second kappa shape index (κ2) is 10.3. The van der Waals surface area contributed by atoms with Crippen LogP contribution in [-0.2, 0) is 11.2 Å². The highest BCUT2D eigenvalue weighted by Gasteiger charge is 2.43. The summed E-state index contributed by atoms with van der Waals surface area (Å²) in [7, 11) is 0. The fourth-order valence-electron chi connectivity index (χ4n) is 4.90. The topological polar surface area (TPSA) is 76.8 Å². The summed E-state index contributed by atoms with van der Waals surface area (Å²) in [4.78, 5) is 41.7. The largest absolute Gasteiger partial charge is 0.462 e. The highest BCUT2D eigenvalue weighted by atomic mass is 16.5. The standard InChI is InChI=1S/C32H31NO5/c1-5-7-16-37-32(36)23-12-14-24(15-13-23)33-28(22-10-8-21(6-2)9-11-22)27-29(34)25-17-19(3)20(4)18-26(25)38-30(27)31(33)35/h8-15,17-18,28H,5-7,16H2,1-4H3. The number of esters is 1. The molecule has 1 amide bonds. The highest BCUT2D eigenvalue weighted by molar-refractivity contribution is 6.10. The van der Waals surface area contributed by atoms with Gasteiger partial charge in [-0.3, -0.25) is 14.5 Å². The quantitative estimate of drug-likeness (QED) is 0.205. The molecule has 2 heterocycles. The Morgan fingerprint density at radius 1 is 0.947 bits per heavy atom. The molecule has 0 bridgehead atoms. The zero-order valence-electron chi connectivity index (χ0n) is 22.2. The number of ether oxygens (including phenoxy) is 1. The van der Waals surface area contributed by atoms with Gasteiger partial charge in [-0.1, -0.05) is 44.5 Å². The Kier molecular flexibility index (Phi) is 6.89. The Bertz CT molecular complexity index is 1580. The van der Waals surface area contributed by atoms with Gasteiger partial charge in [0, 0.05) is 5.69 Å². The molecule has 0 radical (unpaired) electrons. The van der Waals surface area contributed by atoms with E-state index in [4.69, 9.17) is 9.15 Å². The van der Waals surface area contributed by atoms with Crippen LogP contribution in [0.15, 0.2) is 69.9 Å².